The maximum atomic E-state index is 13.5. The molecule has 4 rings (SSSR count). The quantitative estimate of drug-likeness (QED) is 0.504. The summed E-state index contributed by atoms with van der Waals surface area (Å²) in [6.07, 6.45) is 4.43. The van der Waals surface area contributed by atoms with Crippen molar-refractivity contribution < 1.29 is 4.79 Å². The van der Waals surface area contributed by atoms with E-state index in [-0.39, 0.29) is 5.78 Å². The van der Waals surface area contributed by atoms with Gasteiger partial charge in [-0.25, -0.2) is 0 Å². The Labute approximate surface area is 162 Å². The van der Waals surface area contributed by atoms with E-state index < -0.39 is 0 Å². The summed E-state index contributed by atoms with van der Waals surface area (Å²) in [7, 11) is 0. The number of fused-ring (bicyclic) bond motifs is 2. The molecule has 0 spiro atoms. The third-order valence-corrected chi connectivity index (χ3v) is 6.00. The second-order valence-electron chi connectivity index (χ2n) is 8.81. The predicted molar refractivity (Wildman–Crippen MR) is 113 cm³/mol. The van der Waals surface area contributed by atoms with E-state index >= 15 is 0 Å². The van der Waals surface area contributed by atoms with Crippen molar-refractivity contribution in [2.24, 2.45) is 5.41 Å². The number of hydrogen-bond acceptors (Lipinski definition) is 1. The third-order valence-electron chi connectivity index (χ3n) is 6.00. The number of ketones is 1. The van der Waals surface area contributed by atoms with Crippen molar-refractivity contribution in [2.75, 3.05) is 0 Å². The molecule has 0 fully saturated rings. The lowest BCUT2D eigenvalue weighted by molar-refractivity contribution is 0.103. The lowest BCUT2D eigenvalue weighted by Crippen LogP contribution is -2.09. The van der Waals surface area contributed by atoms with Crippen LogP contribution in [0.15, 0.2) is 42.5 Å². The zero-order valence-corrected chi connectivity index (χ0v) is 16.9. The van der Waals surface area contributed by atoms with E-state index in [1.165, 1.54) is 16.6 Å². The van der Waals surface area contributed by atoms with Crippen molar-refractivity contribution >= 4 is 16.7 Å². The van der Waals surface area contributed by atoms with Gasteiger partial charge in [0.05, 0.1) is 5.56 Å². The molecule has 0 radical (unpaired) electrons. The first kappa shape index (κ1) is 18.0. The number of nitrogens with zero attached hydrogens (tertiary/aromatic N) is 1. The van der Waals surface area contributed by atoms with Crippen LogP contribution in [0.5, 0.6) is 0 Å². The molecule has 0 atom stereocenters. The third kappa shape index (κ3) is 3.12. The van der Waals surface area contributed by atoms with Crippen molar-refractivity contribution in [3.8, 4) is 0 Å². The lowest BCUT2D eigenvalue weighted by atomic mass is 9.90. The summed E-state index contributed by atoms with van der Waals surface area (Å²) in [4.78, 5) is 13.5. The van der Waals surface area contributed by atoms with Gasteiger partial charge in [0.2, 0.25) is 0 Å². The molecule has 140 valence electrons. The number of aryl methyl sites for hydroxylation is 1. The van der Waals surface area contributed by atoms with Gasteiger partial charge in [0.1, 0.15) is 0 Å². The van der Waals surface area contributed by atoms with Crippen LogP contribution >= 0.6 is 0 Å². The summed E-state index contributed by atoms with van der Waals surface area (Å²) in [5.74, 6) is 0.159. The van der Waals surface area contributed by atoms with Crippen LogP contribution in [-0.4, -0.2) is 10.4 Å². The zero-order valence-electron chi connectivity index (χ0n) is 16.9. The summed E-state index contributed by atoms with van der Waals surface area (Å²) >= 11 is 0. The molecule has 0 unspecified atom stereocenters. The van der Waals surface area contributed by atoms with Gasteiger partial charge in [-0.1, -0.05) is 57.5 Å². The van der Waals surface area contributed by atoms with Gasteiger partial charge in [-0.05, 0) is 54.9 Å². The number of benzene rings is 2. The molecule has 27 heavy (non-hydrogen) atoms. The molecule has 1 aromatic heterocycles. The number of carbonyl (C=O) groups is 1. The molecule has 0 amide bonds. The van der Waals surface area contributed by atoms with E-state index in [2.05, 4.69) is 62.6 Å². The standard InChI is InChI=1S/C25H29NO/c1-5-6-13-26-17(2)23(21-9-7-8-10-22(21)26)24(27)18-11-12-19-15-25(3,4)16-20(19)14-18/h7-12,14H,5-6,13,15-16H2,1-4H3. The monoisotopic (exact) mass is 359 g/mol. The normalized spacial score (nSPS) is 15.3. The first-order chi connectivity index (χ1) is 12.9. The van der Waals surface area contributed by atoms with Crippen LogP contribution in [0, 0.1) is 12.3 Å². The summed E-state index contributed by atoms with van der Waals surface area (Å²) in [5.41, 5.74) is 7.02. The van der Waals surface area contributed by atoms with Gasteiger partial charge >= 0.3 is 0 Å². The number of rotatable bonds is 5. The highest BCUT2D eigenvalue weighted by Gasteiger charge is 2.29. The number of para-hydroxylation sites is 1. The largest absolute Gasteiger partial charge is 0.344 e. The second-order valence-corrected chi connectivity index (χ2v) is 8.81. The van der Waals surface area contributed by atoms with Crippen LogP contribution in [0.25, 0.3) is 10.9 Å². The van der Waals surface area contributed by atoms with Gasteiger partial charge in [-0.3, -0.25) is 4.79 Å². The highest BCUT2D eigenvalue weighted by molar-refractivity contribution is 6.17. The Morgan fingerprint density at radius 1 is 1.07 bits per heavy atom. The van der Waals surface area contributed by atoms with Crippen molar-refractivity contribution in [1.82, 2.24) is 4.57 Å². The maximum Gasteiger partial charge on any atom is 0.195 e. The Morgan fingerprint density at radius 3 is 2.59 bits per heavy atom. The van der Waals surface area contributed by atoms with Crippen LogP contribution in [0.3, 0.4) is 0 Å². The second kappa shape index (κ2) is 6.67. The molecule has 0 saturated carbocycles. The van der Waals surface area contributed by atoms with E-state index in [0.717, 1.165) is 54.4 Å². The van der Waals surface area contributed by atoms with Gasteiger partial charge in [0, 0.05) is 28.7 Å². The highest BCUT2D eigenvalue weighted by atomic mass is 16.1. The van der Waals surface area contributed by atoms with Crippen molar-refractivity contribution in [3.63, 3.8) is 0 Å². The smallest absolute Gasteiger partial charge is 0.195 e. The molecule has 1 aliphatic carbocycles. The molecule has 1 heterocycles. The molecule has 0 aliphatic heterocycles. The molecular formula is C25H29NO. The SMILES string of the molecule is CCCCn1c(C)c(C(=O)c2ccc3c(c2)CC(C)(C)C3)c2ccccc21. The van der Waals surface area contributed by atoms with E-state index in [9.17, 15) is 4.79 Å². The minimum atomic E-state index is 0.159. The van der Waals surface area contributed by atoms with Crippen molar-refractivity contribution in [1.29, 1.82) is 0 Å². The van der Waals surface area contributed by atoms with Crippen LogP contribution in [0.2, 0.25) is 0 Å². The number of hydrogen-bond donors (Lipinski definition) is 0. The van der Waals surface area contributed by atoms with E-state index in [1.807, 2.05) is 12.1 Å². The summed E-state index contributed by atoms with van der Waals surface area (Å²) in [5, 5.41) is 1.08. The summed E-state index contributed by atoms with van der Waals surface area (Å²) in [6.45, 7) is 9.88. The van der Waals surface area contributed by atoms with Crippen LogP contribution < -0.4 is 0 Å². The average molecular weight is 360 g/mol. The minimum absolute atomic E-state index is 0.159. The van der Waals surface area contributed by atoms with Gasteiger partial charge in [0.25, 0.3) is 0 Å². The number of aromatic nitrogens is 1. The summed E-state index contributed by atoms with van der Waals surface area (Å²) in [6, 6.07) is 14.7. The fourth-order valence-electron chi connectivity index (χ4n) is 4.66. The van der Waals surface area contributed by atoms with Crippen LogP contribution in [-0.2, 0) is 19.4 Å². The Morgan fingerprint density at radius 2 is 1.81 bits per heavy atom. The average Bonchev–Trinajstić information content (AvgIpc) is 3.10. The fraction of sp³-hybridized carbons (Fsp3) is 0.400. The van der Waals surface area contributed by atoms with Crippen molar-refractivity contribution in [3.05, 3.63) is 70.4 Å². The Hall–Kier alpha value is -2.35. The van der Waals surface area contributed by atoms with E-state index in [0.29, 0.717) is 5.41 Å². The van der Waals surface area contributed by atoms with E-state index in [4.69, 9.17) is 0 Å². The summed E-state index contributed by atoms with van der Waals surface area (Å²) < 4.78 is 2.32. The van der Waals surface area contributed by atoms with Crippen LogP contribution in [0.4, 0.5) is 0 Å². The number of carbonyl (C=O) groups excluding carboxylic acids is 1. The molecule has 3 aromatic rings. The highest BCUT2D eigenvalue weighted by Crippen LogP contribution is 2.37. The Balaban J connectivity index is 1.79. The van der Waals surface area contributed by atoms with Gasteiger partial charge in [-0.2, -0.15) is 0 Å². The molecule has 0 N–H and O–H groups in total. The zero-order chi connectivity index (χ0) is 19.2. The molecule has 2 aromatic carbocycles. The molecule has 0 saturated heterocycles. The molecule has 0 bridgehead atoms. The first-order valence-corrected chi connectivity index (χ1v) is 10.2. The molecule has 2 heteroatoms. The molecule has 1 aliphatic rings. The molecular weight excluding hydrogens is 330 g/mol. The van der Waals surface area contributed by atoms with Gasteiger partial charge in [0.15, 0.2) is 5.78 Å². The maximum absolute atomic E-state index is 13.5. The van der Waals surface area contributed by atoms with Crippen LogP contribution in [0.1, 0.15) is 66.4 Å². The number of unbranched alkanes of at least 4 members (excludes halogenated alkanes) is 1. The first-order valence-electron chi connectivity index (χ1n) is 10.2. The molecule has 2 nitrogen and oxygen atoms in total. The Kier molecular flexibility index (Phi) is 4.46. The predicted octanol–water partition coefficient (Wildman–Crippen LogP) is 6.11. The Bertz CT molecular complexity index is 1020. The van der Waals surface area contributed by atoms with Crippen molar-refractivity contribution in [2.45, 2.75) is 59.9 Å². The lowest BCUT2D eigenvalue weighted by Gasteiger charge is -2.14. The topological polar surface area (TPSA) is 22.0 Å². The van der Waals surface area contributed by atoms with Gasteiger partial charge < -0.3 is 4.57 Å². The minimum Gasteiger partial charge on any atom is -0.344 e. The van der Waals surface area contributed by atoms with Gasteiger partial charge in [-0.15, -0.1) is 0 Å². The fourth-order valence-corrected chi connectivity index (χ4v) is 4.66. The van der Waals surface area contributed by atoms with E-state index in [1.54, 1.807) is 0 Å².